The van der Waals surface area contributed by atoms with Crippen LogP contribution in [-0.2, 0) is 11.4 Å². The Balaban J connectivity index is 1.49. The summed E-state index contributed by atoms with van der Waals surface area (Å²) in [5.74, 6) is 0.169. The monoisotopic (exact) mass is 530 g/mol. The summed E-state index contributed by atoms with van der Waals surface area (Å²) in [5.41, 5.74) is 3.07. The molecule has 4 nitrogen and oxygen atoms in total. The molecule has 0 aromatic heterocycles. The summed E-state index contributed by atoms with van der Waals surface area (Å²) in [6.07, 6.45) is 1.54. The lowest BCUT2D eigenvalue weighted by molar-refractivity contribution is -0.112. The van der Waals surface area contributed by atoms with E-state index in [-0.39, 0.29) is 5.57 Å². The van der Waals surface area contributed by atoms with Gasteiger partial charge in [-0.05, 0) is 80.7 Å². The van der Waals surface area contributed by atoms with Gasteiger partial charge in [-0.2, -0.15) is 5.26 Å². The summed E-state index contributed by atoms with van der Waals surface area (Å²) in [5, 5.41) is 15.2. The van der Waals surface area contributed by atoms with Gasteiger partial charge in [-0.1, -0.05) is 66.2 Å². The fraction of sp³-hybridized carbons (Fsp3) is 0.0714. The molecular formula is C28H20BrClN2O2. The summed E-state index contributed by atoms with van der Waals surface area (Å²) in [6, 6.07) is 27.0. The largest absolute Gasteiger partial charge is 0.488 e. The van der Waals surface area contributed by atoms with Crippen LogP contribution >= 0.6 is 27.5 Å². The van der Waals surface area contributed by atoms with Gasteiger partial charge in [-0.3, -0.25) is 4.79 Å². The van der Waals surface area contributed by atoms with Crippen molar-refractivity contribution in [1.82, 2.24) is 0 Å². The van der Waals surface area contributed by atoms with Crippen LogP contribution in [0.2, 0.25) is 5.02 Å². The minimum absolute atomic E-state index is 0.0179. The number of carbonyl (C=O) groups is 1. The van der Waals surface area contributed by atoms with Crippen molar-refractivity contribution in [2.24, 2.45) is 0 Å². The fourth-order valence-electron chi connectivity index (χ4n) is 3.55. The zero-order valence-corrected chi connectivity index (χ0v) is 20.7. The molecule has 0 atom stereocenters. The smallest absolute Gasteiger partial charge is 0.266 e. The van der Waals surface area contributed by atoms with Crippen molar-refractivity contribution in [3.8, 4) is 11.8 Å². The highest BCUT2D eigenvalue weighted by Gasteiger charge is 2.13. The maximum absolute atomic E-state index is 12.6. The summed E-state index contributed by atoms with van der Waals surface area (Å²) in [6.45, 7) is 2.22. The molecule has 0 radical (unpaired) electrons. The number of ether oxygens (including phenoxy) is 1. The molecule has 4 aromatic carbocycles. The van der Waals surface area contributed by atoms with Crippen molar-refractivity contribution in [1.29, 1.82) is 5.26 Å². The number of benzene rings is 4. The van der Waals surface area contributed by atoms with Gasteiger partial charge >= 0.3 is 0 Å². The van der Waals surface area contributed by atoms with Crippen molar-refractivity contribution < 1.29 is 9.53 Å². The van der Waals surface area contributed by atoms with E-state index in [1.165, 1.54) is 11.5 Å². The van der Waals surface area contributed by atoms with Gasteiger partial charge in [0.2, 0.25) is 0 Å². The first-order valence-electron chi connectivity index (χ1n) is 10.5. The number of nitrogens with zero attached hydrogens (tertiary/aromatic N) is 1. The number of hydrogen-bond donors (Lipinski definition) is 1. The Bertz CT molecular complexity index is 1450. The van der Waals surface area contributed by atoms with Crippen LogP contribution in [0.5, 0.6) is 5.75 Å². The number of nitrogens with one attached hydrogen (secondary N) is 1. The maximum atomic E-state index is 12.6. The molecule has 1 amide bonds. The van der Waals surface area contributed by atoms with Gasteiger partial charge in [-0.25, -0.2) is 0 Å². The number of carbonyl (C=O) groups excluding carboxylic acids is 1. The second-order valence-corrected chi connectivity index (χ2v) is 8.91. The van der Waals surface area contributed by atoms with E-state index >= 15 is 0 Å². The second kappa shape index (κ2) is 10.6. The Kier molecular flexibility index (Phi) is 7.32. The first-order valence-corrected chi connectivity index (χ1v) is 11.7. The minimum atomic E-state index is -0.500. The van der Waals surface area contributed by atoms with Crippen molar-refractivity contribution in [2.45, 2.75) is 13.5 Å². The first kappa shape index (κ1) is 23.6. The van der Waals surface area contributed by atoms with Crippen LogP contribution in [-0.4, -0.2) is 5.91 Å². The molecule has 168 valence electrons. The van der Waals surface area contributed by atoms with Gasteiger partial charge in [0.15, 0.2) is 0 Å². The number of halogens is 2. The van der Waals surface area contributed by atoms with E-state index in [2.05, 4.69) is 39.4 Å². The minimum Gasteiger partial charge on any atom is -0.488 e. The predicted octanol–water partition coefficient (Wildman–Crippen LogP) is 7.69. The molecule has 0 unspecified atom stereocenters. The van der Waals surface area contributed by atoms with E-state index in [4.69, 9.17) is 16.3 Å². The molecule has 0 aliphatic heterocycles. The van der Waals surface area contributed by atoms with Crippen LogP contribution in [0.4, 0.5) is 5.69 Å². The van der Waals surface area contributed by atoms with Crippen molar-refractivity contribution in [2.75, 3.05) is 5.32 Å². The molecule has 4 aromatic rings. The fourth-order valence-corrected chi connectivity index (χ4v) is 4.23. The quantitative estimate of drug-likeness (QED) is 0.205. The number of hydrogen-bond acceptors (Lipinski definition) is 3. The van der Waals surface area contributed by atoms with Crippen LogP contribution in [0.25, 0.3) is 16.8 Å². The Labute approximate surface area is 211 Å². The van der Waals surface area contributed by atoms with Crippen LogP contribution in [0, 0.1) is 18.3 Å². The Morgan fingerprint density at radius 3 is 2.65 bits per heavy atom. The molecule has 6 heteroatoms. The third-order valence-corrected chi connectivity index (χ3v) is 6.44. The van der Waals surface area contributed by atoms with E-state index in [9.17, 15) is 10.1 Å². The molecule has 0 saturated carbocycles. The van der Waals surface area contributed by atoms with Gasteiger partial charge in [0.1, 0.15) is 24.0 Å². The van der Waals surface area contributed by atoms with Crippen LogP contribution < -0.4 is 10.1 Å². The molecule has 4 rings (SSSR count). The Morgan fingerprint density at radius 2 is 1.85 bits per heavy atom. The van der Waals surface area contributed by atoms with Gasteiger partial charge in [0, 0.05) is 10.7 Å². The normalized spacial score (nSPS) is 11.2. The topological polar surface area (TPSA) is 62.1 Å². The molecule has 0 aliphatic carbocycles. The summed E-state index contributed by atoms with van der Waals surface area (Å²) < 4.78 is 6.77. The highest BCUT2D eigenvalue weighted by molar-refractivity contribution is 9.10. The molecule has 0 spiro atoms. The highest BCUT2D eigenvalue weighted by atomic mass is 79.9. The van der Waals surface area contributed by atoms with Crippen molar-refractivity contribution in [3.63, 3.8) is 0 Å². The zero-order valence-electron chi connectivity index (χ0n) is 18.3. The van der Waals surface area contributed by atoms with Crippen LogP contribution in [0.15, 0.2) is 88.9 Å². The first-order chi connectivity index (χ1) is 16.5. The molecule has 0 fully saturated rings. The number of fused-ring (bicyclic) bond motifs is 1. The second-order valence-electron chi connectivity index (χ2n) is 7.65. The number of rotatable bonds is 6. The molecule has 1 N–H and O–H groups in total. The lowest BCUT2D eigenvalue weighted by atomic mass is 10.1. The number of anilines is 1. The van der Waals surface area contributed by atoms with Gasteiger partial charge in [0.05, 0.1) is 4.47 Å². The molecular weight excluding hydrogens is 512 g/mol. The summed E-state index contributed by atoms with van der Waals surface area (Å²) >= 11 is 9.66. The molecule has 0 saturated heterocycles. The van der Waals surface area contributed by atoms with E-state index in [0.717, 1.165) is 21.0 Å². The lowest BCUT2D eigenvalue weighted by Crippen LogP contribution is -2.14. The Morgan fingerprint density at radius 1 is 1.09 bits per heavy atom. The van der Waals surface area contributed by atoms with Gasteiger partial charge in [-0.15, -0.1) is 0 Å². The predicted molar refractivity (Wildman–Crippen MR) is 141 cm³/mol. The summed E-state index contributed by atoms with van der Waals surface area (Å²) in [4.78, 5) is 12.6. The van der Waals surface area contributed by atoms with Gasteiger partial charge in [0.25, 0.3) is 5.91 Å². The molecule has 0 heterocycles. The van der Waals surface area contributed by atoms with Crippen LogP contribution in [0.1, 0.15) is 16.7 Å². The maximum Gasteiger partial charge on any atom is 0.266 e. The summed E-state index contributed by atoms with van der Waals surface area (Å²) in [7, 11) is 0. The average molecular weight is 532 g/mol. The standard InChI is InChI=1S/C28H20BrClN2O2/c1-18-25(30)10-5-11-26(18)32-28(33)22(16-31)14-19-12-13-27(24(29)15-19)34-17-21-8-4-7-20-6-2-3-9-23(20)21/h2-15H,17H2,1H3,(H,32,33)/b22-14+. The van der Waals surface area contributed by atoms with Crippen molar-refractivity contribution >= 4 is 56.0 Å². The van der Waals surface area contributed by atoms with E-state index in [0.29, 0.717) is 28.6 Å². The van der Waals surface area contributed by atoms with E-state index in [1.807, 2.05) is 49.4 Å². The van der Waals surface area contributed by atoms with Crippen molar-refractivity contribution in [3.05, 3.63) is 111 Å². The molecule has 34 heavy (non-hydrogen) atoms. The zero-order chi connectivity index (χ0) is 24.1. The lowest BCUT2D eigenvalue weighted by Gasteiger charge is -2.11. The van der Waals surface area contributed by atoms with Crippen LogP contribution in [0.3, 0.4) is 0 Å². The Hall–Kier alpha value is -3.59. The third kappa shape index (κ3) is 5.31. The highest BCUT2D eigenvalue weighted by Crippen LogP contribution is 2.29. The number of nitriles is 1. The molecule has 0 bridgehead atoms. The number of amides is 1. The third-order valence-electron chi connectivity index (χ3n) is 5.41. The van der Waals surface area contributed by atoms with Gasteiger partial charge < -0.3 is 10.1 Å². The van der Waals surface area contributed by atoms with E-state index < -0.39 is 5.91 Å². The molecule has 0 aliphatic rings. The van der Waals surface area contributed by atoms with E-state index in [1.54, 1.807) is 24.3 Å². The average Bonchev–Trinajstić information content (AvgIpc) is 2.84. The SMILES string of the molecule is Cc1c(Cl)cccc1NC(=O)/C(C#N)=C/c1ccc(OCc2cccc3ccccc23)c(Br)c1.